The van der Waals surface area contributed by atoms with Crippen molar-refractivity contribution < 1.29 is 13.2 Å². The molecule has 1 N–H and O–H groups in total. The average Bonchev–Trinajstić information content (AvgIpc) is 2.82. The van der Waals surface area contributed by atoms with E-state index in [0.29, 0.717) is 0 Å². The molecule has 0 saturated heterocycles. The van der Waals surface area contributed by atoms with Crippen LogP contribution in [0.1, 0.15) is 5.56 Å². The van der Waals surface area contributed by atoms with E-state index in [1.54, 1.807) is 0 Å². The van der Waals surface area contributed by atoms with Gasteiger partial charge in [0.1, 0.15) is 11.1 Å². The first-order valence-corrected chi connectivity index (χ1v) is 6.52. The monoisotopic (exact) mass is 348 g/mol. The number of aromatic nitrogens is 4. The van der Waals surface area contributed by atoms with Crippen molar-refractivity contribution in [3.05, 3.63) is 50.6 Å². The summed E-state index contributed by atoms with van der Waals surface area (Å²) in [5, 5.41) is 3.57. The SMILES string of the molecule is O=c1[nH]cnc2c1cnn2-c1c(Cl)cc(C(F)(F)F)cc1Cl. The highest BCUT2D eigenvalue weighted by molar-refractivity contribution is 6.38. The smallest absolute Gasteiger partial charge is 0.312 e. The van der Waals surface area contributed by atoms with E-state index in [1.807, 2.05) is 0 Å². The number of halogens is 5. The molecule has 0 atom stereocenters. The third kappa shape index (κ3) is 2.34. The fourth-order valence-electron chi connectivity index (χ4n) is 1.95. The van der Waals surface area contributed by atoms with Crippen LogP contribution in [-0.4, -0.2) is 19.7 Å². The molecule has 0 spiro atoms. The Labute approximate surface area is 130 Å². The van der Waals surface area contributed by atoms with Crippen molar-refractivity contribution in [2.24, 2.45) is 0 Å². The largest absolute Gasteiger partial charge is 0.416 e. The highest BCUT2D eigenvalue weighted by Crippen LogP contribution is 2.37. The first-order chi connectivity index (χ1) is 10.3. The zero-order valence-electron chi connectivity index (χ0n) is 10.4. The summed E-state index contributed by atoms with van der Waals surface area (Å²) in [6.45, 7) is 0. The second-order valence-corrected chi connectivity index (χ2v) is 5.13. The number of benzene rings is 1. The van der Waals surface area contributed by atoms with Gasteiger partial charge in [0.15, 0.2) is 5.65 Å². The molecule has 0 bridgehead atoms. The van der Waals surface area contributed by atoms with Gasteiger partial charge in [-0.05, 0) is 12.1 Å². The van der Waals surface area contributed by atoms with Gasteiger partial charge in [-0.15, -0.1) is 0 Å². The van der Waals surface area contributed by atoms with Gasteiger partial charge in [-0.2, -0.15) is 18.3 Å². The summed E-state index contributed by atoms with van der Waals surface area (Å²) in [5.74, 6) is 0. The Hall–Kier alpha value is -2.06. The van der Waals surface area contributed by atoms with E-state index < -0.39 is 17.3 Å². The molecule has 0 radical (unpaired) electrons. The number of alkyl halides is 3. The number of nitrogens with zero attached hydrogens (tertiary/aromatic N) is 3. The molecule has 0 amide bonds. The quantitative estimate of drug-likeness (QED) is 0.732. The van der Waals surface area contributed by atoms with Gasteiger partial charge < -0.3 is 4.98 Å². The normalized spacial score (nSPS) is 12.0. The van der Waals surface area contributed by atoms with Crippen molar-refractivity contribution in [1.82, 2.24) is 19.7 Å². The Kier molecular flexibility index (Phi) is 3.37. The second kappa shape index (κ2) is 4.99. The van der Waals surface area contributed by atoms with E-state index in [1.165, 1.54) is 6.20 Å². The molecule has 1 aromatic carbocycles. The number of H-pyrrole nitrogens is 1. The standard InChI is InChI=1S/C12H5Cl2F3N4O/c13-7-1-5(12(15,16)17)2-8(14)9(7)21-10-6(3-20-21)11(22)19-4-18-10/h1-4H,(H,18,19,22). The van der Waals surface area contributed by atoms with Crippen molar-refractivity contribution in [3.63, 3.8) is 0 Å². The van der Waals surface area contributed by atoms with Gasteiger partial charge >= 0.3 is 6.18 Å². The molecule has 0 aliphatic rings. The summed E-state index contributed by atoms with van der Waals surface area (Å²) < 4.78 is 39.3. The van der Waals surface area contributed by atoms with Crippen LogP contribution in [0.2, 0.25) is 10.0 Å². The van der Waals surface area contributed by atoms with E-state index >= 15 is 0 Å². The Bertz CT molecular complexity index is 909. The molecule has 0 aliphatic heterocycles. The summed E-state index contributed by atoms with van der Waals surface area (Å²) in [6.07, 6.45) is -2.20. The number of rotatable bonds is 1. The zero-order valence-corrected chi connectivity index (χ0v) is 12.0. The Balaban J connectivity index is 2.28. The number of aromatic amines is 1. The minimum atomic E-state index is -4.58. The van der Waals surface area contributed by atoms with Gasteiger partial charge in [0.2, 0.25) is 0 Å². The topological polar surface area (TPSA) is 63.6 Å². The van der Waals surface area contributed by atoms with E-state index in [2.05, 4.69) is 15.1 Å². The third-order valence-corrected chi connectivity index (χ3v) is 3.50. The number of nitrogens with one attached hydrogen (secondary N) is 1. The number of fused-ring (bicyclic) bond motifs is 1. The van der Waals surface area contributed by atoms with Crippen LogP contribution in [0.15, 0.2) is 29.5 Å². The molecule has 114 valence electrons. The van der Waals surface area contributed by atoms with Crippen LogP contribution < -0.4 is 5.56 Å². The molecule has 22 heavy (non-hydrogen) atoms. The minimum Gasteiger partial charge on any atom is -0.312 e. The molecule has 0 unspecified atom stereocenters. The van der Waals surface area contributed by atoms with E-state index in [-0.39, 0.29) is 26.8 Å². The summed E-state index contributed by atoms with van der Waals surface area (Å²) in [7, 11) is 0. The van der Waals surface area contributed by atoms with Crippen molar-refractivity contribution in [2.75, 3.05) is 0 Å². The lowest BCUT2D eigenvalue weighted by atomic mass is 10.2. The summed E-state index contributed by atoms with van der Waals surface area (Å²) >= 11 is 11.8. The molecule has 3 rings (SSSR count). The molecule has 10 heteroatoms. The van der Waals surface area contributed by atoms with Crippen LogP contribution in [-0.2, 0) is 6.18 Å². The van der Waals surface area contributed by atoms with Crippen LogP contribution in [0.25, 0.3) is 16.7 Å². The van der Waals surface area contributed by atoms with Gasteiger partial charge in [0.05, 0.1) is 28.1 Å². The van der Waals surface area contributed by atoms with Crippen molar-refractivity contribution >= 4 is 34.2 Å². The van der Waals surface area contributed by atoms with E-state index in [0.717, 1.165) is 23.1 Å². The predicted octanol–water partition coefficient (Wildman–Crippen LogP) is 3.43. The predicted molar refractivity (Wildman–Crippen MR) is 74.5 cm³/mol. The van der Waals surface area contributed by atoms with Crippen LogP contribution in [0.5, 0.6) is 0 Å². The van der Waals surface area contributed by atoms with Gasteiger partial charge in [-0.3, -0.25) is 4.79 Å². The molecule has 5 nitrogen and oxygen atoms in total. The maximum atomic E-state index is 12.7. The Morgan fingerprint density at radius 3 is 2.41 bits per heavy atom. The third-order valence-electron chi connectivity index (χ3n) is 2.93. The lowest BCUT2D eigenvalue weighted by Crippen LogP contribution is -2.09. The lowest BCUT2D eigenvalue weighted by Gasteiger charge is -2.12. The highest BCUT2D eigenvalue weighted by atomic mass is 35.5. The van der Waals surface area contributed by atoms with Crippen LogP contribution >= 0.6 is 23.2 Å². The average molecular weight is 349 g/mol. The molecule has 2 aromatic heterocycles. The highest BCUT2D eigenvalue weighted by Gasteiger charge is 2.32. The van der Waals surface area contributed by atoms with Gasteiger partial charge in [0.25, 0.3) is 5.56 Å². The number of hydrogen-bond acceptors (Lipinski definition) is 3. The molecular formula is C12H5Cl2F3N4O. The van der Waals surface area contributed by atoms with Crippen LogP contribution in [0, 0.1) is 0 Å². The lowest BCUT2D eigenvalue weighted by molar-refractivity contribution is -0.137. The fraction of sp³-hybridized carbons (Fsp3) is 0.0833. The Morgan fingerprint density at radius 1 is 1.18 bits per heavy atom. The van der Waals surface area contributed by atoms with Crippen LogP contribution in [0.3, 0.4) is 0 Å². The maximum absolute atomic E-state index is 12.7. The van der Waals surface area contributed by atoms with Crippen molar-refractivity contribution in [2.45, 2.75) is 6.18 Å². The van der Waals surface area contributed by atoms with E-state index in [9.17, 15) is 18.0 Å². The van der Waals surface area contributed by atoms with Gasteiger partial charge in [0, 0.05) is 0 Å². The van der Waals surface area contributed by atoms with E-state index in [4.69, 9.17) is 23.2 Å². The molecular weight excluding hydrogens is 344 g/mol. The van der Waals surface area contributed by atoms with Crippen LogP contribution in [0.4, 0.5) is 13.2 Å². The molecule has 3 aromatic rings. The van der Waals surface area contributed by atoms with Gasteiger partial charge in [-0.1, -0.05) is 23.2 Å². The molecule has 0 aliphatic carbocycles. The minimum absolute atomic E-state index is 0.0180. The van der Waals surface area contributed by atoms with Gasteiger partial charge in [-0.25, -0.2) is 9.67 Å². The summed E-state index contributed by atoms with van der Waals surface area (Å²) in [6, 6.07) is 1.48. The fourth-order valence-corrected chi connectivity index (χ4v) is 2.60. The first-order valence-electron chi connectivity index (χ1n) is 5.77. The first kappa shape index (κ1) is 14.9. The van der Waals surface area contributed by atoms with Crippen molar-refractivity contribution in [1.29, 1.82) is 0 Å². The molecule has 0 saturated carbocycles. The Morgan fingerprint density at radius 2 is 1.82 bits per heavy atom. The summed E-state index contributed by atoms with van der Waals surface area (Å²) in [5.41, 5.74) is -1.26. The zero-order chi connectivity index (χ0) is 16.1. The molecule has 0 fully saturated rings. The maximum Gasteiger partial charge on any atom is 0.416 e. The molecule has 2 heterocycles. The summed E-state index contributed by atoms with van der Waals surface area (Å²) in [4.78, 5) is 17.9. The number of hydrogen-bond donors (Lipinski definition) is 1. The second-order valence-electron chi connectivity index (χ2n) is 4.31. The van der Waals surface area contributed by atoms with Crippen molar-refractivity contribution in [3.8, 4) is 5.69 Å².